The fourth-order valence-corrected chi connectivity index (χ4v) is 5.15. The largest absolute Gasteiger partial charge is 0.493 e. The lowest BCUT2D eigenvalue weighted by atomic mass is 9.97. The number of fused-ring (bicyclic) bond motifs is 3. The fraction of sp³-hybridized carbons (Fsp3) is 0.364. The fourth-order valence-electron chi connectivity index (χ4n) is 5.15. The number of nitrogens with one attached hydrogen (secondary N) is 3. The summed E-state index contributed by atoms with van der Waals surface area (Å²) < 4.78 is 12.1. The predicted octanol–water partition coefficient (Wildman–Crippen LogP) is 6.30. The SMILES string of the molecule is CC.CCOc1ccc2[nH]c3cnc(-c4cnn(C)c4)cc3c2c1-c1ccc(C(=O)NC2CCCCN2)cc1.COC. The lowest BCUT2D eigenvalue weighted by Crippen LogP contribution is -2.47. The number of hydrogen-bond donors (Lipinski definition) is 3. The molecule has 9 nitrogen and oxygen atoms in total. The van der Waals surface area contributed by atoms with Gasteiger partial charge in [-0.1, -0.05) is 26.0 Å². The Morgan fingerprint density at radius 1 is 1.05 bits per heavy atom. The molecule has 4 heterocycles. The molecule has 9 heteroatoms. The zero-order valence-electron chi connectivity index (χ0n) is 25.5. The van der Waals surface area contributed by atoms with Crippen LogP contribution >= 0.6 is 0 Å². The number of aryl methyl sites for hydroxylation is 1. The molecule has 1 saturated heterocycles. The van der Waals surface area contributed by atoms with Crippen molar-refractivity contribution in [1.82, 2.24) is 30.4 Å². The number of nitrogens with zero attached hydrogens (tertiary/aromatic N) is 3. The second kappa shape index (κ2) is 14.6. The van der Waals surface area contributed by atoms with Crippen molar-refractivity contribution in [2.75, 3.05) is 27.4 Å². The normalized spacial score (nSPS) is 14.5. The molecule has 0 bridgehead atoms. The Balaban J connectivity index is 0.000000763. The third-order valence-corrected chi connectivity index (χ3v) is 6.96. The second-order valence-electron chi connectivity index (χ2n) is 9.90. The van der Waals surface area contributed by atoms with Crippen molar-refractivity contribution in [3.05, 3.63) is 66.6 Å². The highest BCUT2D eigenvalue weighted by Gasteiger charge is 2.19. The summed E-state index contributed by atoms with van der Waals surface area (Å²) in [5.74, 6) is 0.743. The minimum Gasteiger partial charge on any atom is -0.493 e. The van der Waals surface area contributed by atoms with Crippen LogP contribution < -0.4 is 15.4 Å². The number of carbonyl (C=O) groups is 1. The third kappa shape index (κ3) is 6.80. The van der Waals surface area contributed by atoms with E-state index < -0.39 is 0 Å². The Labute approximate surface area is 247 Å². The van der Waals surface area contributed by atoms with Gasteiger partial charge in [0.2, 0.25) is 0 Å². The maximum atomic E-state index is 12.9. The topological polar surface area (TPSA) is 106 Å². The number of hydrogen-bond acceptors (Lipinski definition) is 6. The van der Waals surface area contributed by atoms with Crippen molar-refractivity contribution in [1.29, 1.82) is 0 Å². The molecular weight excluding hydrogens is 528 g/mol. The number of H-pyrrole nitrogens is 1. The highest BCUT2D eigenvalue weighted by molar-refractivity contribution is 6.16. The Morgan fingerprint density at radius 2 is 1.81 bits per heavy atom. The zero-order chi connectivity index (χ0) is 30.1. The molecular formula is C33H42N6O3. The second-order valence-corrected chi connectivity index (χ2v) is 9.90. The summed E-state index contributed by atoms with van der Waals surface area (Å²) in [6.07, 6.45) is 8.93. The number of amides is 1. The van der Waals surface area contributed by atoms with Crippen LogP contribution in [-0.2, 0) is 11.8 Å². The van der Waals surface area contributed by atoms with Crippen molar-refractivity contribution in [2.45, 2.75) is 46.2 Å². The van der Waals surface area contributed by atoms with Gasteiger partial charge in [-0.25, -0.2) is 0 Å². The standard InChI is InChI=1S/C29H30N6O2.C2H6O.C2H6/c1-3-37-25-12-11-22-28(21-14-23(31-16-24(21)33-22)20-15-32-35(2)17-20)27(25)18-7-9-19(10-8-18)29(36)34-26-6-4-5-13-30-26;1-3-2;1-2/h7-12,14-17,26,30,33H,3-6,13H2,1-2H3,(H,34,36);1-2H3;1-2H3. The molecule has 3 aromatic heterocycles. The van der Waals surface area contributed by atoms with Crippen LogP contribution in [0.5, 0.6) is 5.75 Å². The average molecular weight is 571 g/mol. The molecule has 0 spiro atoms. The van der Waals surface area contributed by atoms with Crippen molar-refractivity contribution < 1.29 is 14.3 Å². The molecule has 1 amide bonds. The van der Waals surface area contributed by atoms with Gasteiger partial charge < -0.3 is 19.8 Å². The number of rotatable bonds is 6. The quantitative estimate of drug-likeness (QED) is 0.221. The molecule has 1 fully saturated rings. The first-order valence-corrected chi connectivity index (χ1v) is 14.6. The van der Waals surface area contributed by atoms with Gasteiger partial charge in [0.25, 0.3) is 5.91 Å². The average Bonchev–Trinajstić information content (AvgIpc) is 3.62. The molecule has 2 aromatic carbocycles. The van der Waals surface area contributed by atoms with Crippen LogP contribution in [0.1, 0.15) is 50.4 Å². The summed E-state index contributed by atoms with van der Waals surface area (Å²) in [7, 11) is 5.15. The number of ether oxygens (including phenoxy) is 2. The van der Waals surface area contributed by atoms with E-state index in [1.807, 2.05) is 82.8 Å². The Morgan fingerprint density at radius 3 is 2.45 bits per heavy atom. The minimum absolute atomic E-state index is 0.0353. The third-order valence-electron chi connectivity index (χ3n) is 6.96. The van der Waals surface area contributed by atoms with E-state index in [0.717, 1.165) is 75.7 Å². The lowest BCUT2D eigenvalue weighted by Gasteiger charge is -2.24. The van der Waals surface area contributed by atoms with E-state index in [2.05, 4.69) is 36.5 Å². The van der Waals surface area contributed by atoms with Crippen LogP contribution in [-0.4, -0.2) is 59.2 Å². The monoisotopic (exact) mass is 570 g/mol. The molecule has 3 N–H and O–H groups in total. The first-order chi connectivity index (χ1) is 20.5. The number of aromatic amines is 1. The highest BCUT2D eigenvalue weighted by atomic mass is 16.5. The first kappa shape index (κ1) is 30.7. The summed E-state index contributed by atoms with van der Waals surface area (Å²) in [6.45, 7) is 7.48. The van der Waals surface area contributed by atoms with Crippen molar-refractivity contribution >= 4 is 27.7 Å². The van der Waals surface area contributed by atoms with E-state index >= 15 is 0 Å². The zero-order valence-corrected chi connectivity index (χ0v) is 25.5. The lowest BCUT2D eigenvalue weighted by molar-refractivity contribution is 0.0921. The van der Waals surface area contributed by atoms with Gasteiger partial charge in [0.1, 0.15) is 5.75 Å². The number of benzene rings is 2. The van der Waals surface area contributed by atoms with Crippen LogP contribution in [0, 0.1) is 0 Å². The number of carbonyl (C=O) groups excluding carboxylic acids is 1. The van der Waals surface area contributed by atoms with Gasteiger partial charge in [0.05, 0.1) is 36.4 Å². The van der Waals surface area contributed by atoms with E-state index in [4.69, 9.17) is 4.74 Å². The van der Waals surface area contributed by atoms with E-state index in [9.17, 15) is 4.79 Å². The maximum absolute atomic E-state index is 12.9. The van der Waals surface area contributed by atoms with E-state index in [1.54, 1.807) is 18.9 Å². The molecule has 42 heavy (non-hydrogen) atoms. The van der Waals surface area contributed by atoms with Crippen LogP contribution in [0.2, 0.25) is 0 Å². The van der Waals surface area contributed by atoms with Gasteiger partial charge >= 0.3 is 0 Å². The van der Waals surface area contributed by atoms with Gasteiger partial charge in [-0.15, -0.1) is 0 Å². The van der Waals surface area contributed by atoms with E-state index in [1.165, 1.54) is 0 Å². The molecule has 1 atom stereocenters. The van der Waals surface area contributed by atoms with Crippen LogP contribution in [0.25, 0.3) is 44.2 Å². The van der Waals surface area contributed by atoms with Crippen molar-refractivity contribution in [3.63, 3.8) is 0 Å². The molecule has 0 radical (unpaired) electrons. The van der Waals surface area contributed by atoms with E-state index in [0.29, 0.717) is 12.2 Å². The number of pyridine rings is 1. The highest BCUT2D eigenvalue weighted by Crippen LogP contribution is 2.41. The van der Waals surface area contributed by atoms with Crippen LogP contribution in [0.3, 0.4) is 0 Å². The first-order valence-electron chi connectivity index (χ1n) is 14.6. The van der Waals surface area contributed by atoms with Crippen molar-refractivity contribution in [2.24, 2.45) is 7.05 Å². The molecule has 5 aromatic rings. The number of methoxy groups -OCH3 is 1. The molecule has 0 saturated carbocycles. The van der Waals surface area contributed by atoms with Crippen LogP contribution in [0.4, 0.5) is 0 Å². The Hall–Kier alpha value is -4.21. The van der Waals surface area contributed by atoms with Gasteiger partial charge in [0.15, 0.2) is 0 Å². The summed E-state index contributed by atoms with van der Waals surface area (Å²) in [5.41, 5.74) is 6.40. The van der Waals surface area contributed by atoms with E-state index in [-0.39, 0.29) is 12.1 Å². The minimum atomic E-state index is -0.0616. The Bertz CT molecular complexity index is 1600. The predicted molar refractivity (Wildman–Crippen MR) is 170 cm³/mol. The maximum Gasteiger partial charge on any atom is 0.252 e. The molecule has 222 valence electrons. The number of piperidine rings is 1. The summed E-state index contributed by atoms with van der Waals surface area (Å²) in [5, 5.41) is 12.9. The summed E-state index contributed by atoms with van der Waals surface area (Å²) in [6, 6.07) is 13.9. The Kier molecular flexibility index (Phi) is 10.7. The molecule has 6 rings (SSSR count). The summed E-state index contributed by atoms with van der Waals surface area (Å²) >= 11 is 0. The van der Waals surface area contributed by atoms with Crippen LogP contribution in [0.15, 0.2) is 61.1 Å². The van der Waals surface area contributed by atoms with Gasteiger partial charge in [-0.05, 0) is 68.6 Å². The van der Waals surface area contributed by atoms with Gasteiger partial charge in [-0.2, -0.15) is 5.10 Å². The number of aromatic nitrogens is 4. The van der Waals surface area contributed by atoms with Crippen molar-refractivity contribution in [3.8, 4) is 28.1 Å². The molecule has 0 aliphatic carbocycles. The van der Waals surface area contributed by atoms with Gasteiger partial charge in [-0.3, -0.25) is 19.8 Å². The molecule has 1 aliphatic heterocycles. The molecule has 1 aliphatic rings. The molecule has 1 unspecified atom stereocenters. The van der Waals surface area contributed by atoms with Gasteiger partial charge in [0, 0.05) is 60.4 Å². The smallest absolute Gasteiger partial charge is 0.252 e. The summed E-state index contributed by atoms with van der Waals surface area (Å²) in [4.78, 5) is 21.0.